The molecule has 36 heteroatoms. The molecule has 0 saturated carbocycles. The molecule has 6 heterocycles. The summed E-state index contributed by atoms with van der Waals surface area (Å²) >= 11 is 2.20. The van der Waals surface area contributed by atoms with Gasteiger partial charge in [0.15, 0.2) is 28.8 Å². The van der Waals surface area contributed by atoms with Crippen molar-refractivity contribution in [1.82, 2.24) is 63.6 Å². The molecule has 0 spiro atoms. The third kappa shape index (κ3) is 18.9. The lowest BCUT2D eigenvalue weighted by molar-refractivity contribution is 0.101. The van der Waals surface area contributed by atoms with Gasteiger partial charge in [0.2, 0.25) is 16.2 Å². The molecule has 574 valence electrons. The number of fused-ring (bicyclic) bond motifs is 4. The summed E-state index contributed by atoms with van der Waals surface area (Å²) in [5.41, 5.74) is 2.83. The largest absolute Gasteiger partial charge is 0.505 e. The lowest BCUT2D eigenvalue weighted by Crippen LogP contribution is -2.14. The van der Waals surface area contributed by atoms with Crippen molar-refractivity contribution in [3.05, 3.63) is 295 Å². The van der Waals surface area contributed by atoms with Crippen LogP contribution in [0.5, 0.6) is 23.0 Å². The van der Waals surface area contributed by atoms with Crippen LogP contribution in [0.15, 0.2) is 301 Å². The summed E-state index contributed by atoms with van der Waals surface area (Å²) in [6, 6.07) is 65.8. The predicted octanol–water partition coefficient (Wildman–Crippen LogP) is 19.0. The van der Waals surface area contributed by atoms with Gasteiger partial charge in [-0.3, -0.25) is 24.5 Å². The maximum Gasteiger partial charge on any atom is 0.366 e. The second-order valence-corrected chi connectivity index (χ2v) is 26.0. The number of aryl methyl sites for hydroxylation is 3. The topological polar surface area (TPSA) is 469 Å². The Morgan fingerprint density at radius 2 is 0.709 bits per heavy atom. The van der Waals surface area contributed by atoms with Crippen LogP contribution in [0.25, 0.3) is 49.0 Å². The van der Waals surface area contributed by atoms with Crippen LogP contribution >= 0.6 is 23.1 Å². The second kappa shape index (κ2) is 36.1. The predicted molar refractivity (Wildman–Crippen MR) is 438 cm³/mol. The van der Waals surface area contributed by atoms with Crippen molar-refractivity contribution in [2.24, 2.45) is 40.9 Å². The number of para-hydroxylation sites is 3. The van der Waals surface area contributed by atoms with Crippen LogP contribution in [-0.2, 0) is 0 Å². The number of carbonyl (C=O) groups is 4. The SMILES string of the molecule is Cc1noc(N=Nc2c(O)c(C(=O)Nc3ccccc3)cc3ccccc23)n1.Cc1nsc(N=Nc2c(O)c(C(=O)Nc3ccccc3)cc3ccccc23)n1.Cc1nsc(N=Nc2c(O)c(C(=O)Nc3ncccn3)cc3ccccc23)n1.O=C(Nc1ccccc1)c1cc2ccccc2c(N=Nc2ncn(-c3ncccn3)n2)c1O. The highest BCUT2D eigenvalue weighted by Crippen LogP contribution is 2.44. The number of anilines is 4. The number of aromatic hydroxyl groups is 4. The van der Waals surface area contributed by atoms with Crippen LogP contribution in [0, 0.1) is 20.8 Å². The summed E-state index contributed by atoms with van der Waals surface area (Å²) in [6.45, 7) is 5.17. The quantitative estimate of drug-likeness (QED) is 0.0392. The van der Waals surface area contributed by atoms with E-state index in [4.69, 9.17) is 4.52 Å². The van der Waals surface area contributed by atoms with Gasteiger partial charge in [-0.1, -0.05) is 162 Å². The summed E-state index contributed by atoms with van der Waals surface area (Å²) < 4.78 is 14.4. The molecule has 4 amide bonds. The Bertz CT molecular complexity index is 6170. The van der Waals surface area contributed by atoms with Crippen molar-refractivity contribution in [3.8, 4) is 28.9 Å². The molecule has 6 aromatic heterocycles. The molecule has 17 aromatic rings. The van der Waals surface area contributed by atoms with Crippen molar-refractivity contribution >= 4 is 158 Å². The van der Waals surface area contributed by atoms with Gasteiger partial charge in [0.1, 0.15) is 40.7 Å². The molecule has 0 aliphatic rings. The average Bonchev–Trinajstić information content (AvgIpc) is 1.49. The molecular weight excluding hydrogens is 1530 g/mol. The van der Waals surface area contributed by atoms with Gasteiger partial charge in [0, 0.05) is 86.5 Å². The Labute approximate surface area is 669 Å². The van der Waals surface area contributed by atoms with E-state index in [0.717, 1.165) is 44.6 Å². The number of aromatic nitrogens is 13. The van der Waals surface area contributed by atoms with Gasteiger partial charge in [-0.05, 0) is 115 Å². The smallest absolute Gasteiger partial charge is 0.366 e. The fraction of sp³-hybridized carbons (Fsp3) is 0.0370. The summed E-state index contributed by atoms with van der Waals surface area (Å²) in [5.74, 6) is -0.915. The van der Waals surface area contributed by atoms with E-state index in [2.05, 4.69) is 121 Å². The number of nitrogens with one attached hydrogen (secondary N) is 4. The van der Waals surface area contributed by atoms with E-state index < -0.39 is 23.6 Å². The molecular formula is C81H59N25O9S2. The molecule has 117 heavy (non-hydrogen) atoms. The fourth-order valence-corrected chi connectivity index (χ4v) is 12.2. The first-order valence-electron chi connectivity index (χ1n) is 35.0. The lowest BCUT2D eigenvalue weighted by atomic mass is 10.0. The van der Waals surface area contributed by atoms with E-state index in [1.807, 2.05) is 127 Å². The van der Waals surface area contributed by atoms with E-state index in [1.54, 1.807) is 130 Å². The Balaban J connectivity index is 0.000000129. The van der Waals surface area contributed by atoms with Gasteiger partial charge in [-0.25, -0.2) is 29.9 Å². The van der Waals surface area contributed by atoms with Gasteiger partial charge >= 0.3 is 6.01 Å². The maximum absolute atomic E-state index is 12.9. The number of carbonyl (C=O) groups excluding carboxylic acids is 4. The van der Waals surface area contributed by atoms with Crippen LogP contribution in [-0.4, -0.2) is 108 Å². The van der Waals surface area contributed by atoms with Crippen LogP contribution in [0.1, 0.15) is 58.9 Å². The molecule has 0 aliphatic carbocycles. The average molecular weight is 1590 g/mol. The first-order chi connectivity index (χ1) is 57.0. The Morgan fingerprint density at radius 3 is 1.07 bits per heavy atom. The molecule has 34 nitrogen and oxygen atoms in total. The molecule has 0 bridgehead atoms. The molecule has 0 radical (unpaired) electrons. The minimum atomic E-state index is -0.558. The van der Waals surface area contributed by atoms with Gasteiger partial charge < -0.3 is 40.9 Å². The Hall–Kier alpha value is -16.5. The van der Waals surface area contributed by atoms with Gasteiger partial charge in [0.05, 0.1) is 22.3 Å². The number of phenols is 4. The monoisotopic (exact) mass is 1590 g/mol. The van der Waals surface area contributed by atoms with Crippen LogP contribution in [0.3, 0.4) is 0 Å². The highest BCUT2D eigenvalue weighted by atomic mass is 32.1. The lowest BCUT2D eigenvalue weighted by Gasteiger charge is -2.11. The summed E-state index contributed by atoms with van der Waals surface area (Å²) in [6.07, 6.45) is 7.59. The number of amides is 4. The van der Waals surface area contributed by atoms with Crippen molar-refractivity contribution < 1.29 is 44.1 Å². The van der Waals surface area contributed by atoms with Gasteiger partial charge in [-0.15, -0.1) is 40.9 Å². The van der Waals surface area contributed by atoms with Crippen LogP contribution in [0.2, 0.25) is 0 Å². The second-order valence-electron chi connectivity index (χ2n) is 24.6. The third-order valence-corrected chi connectivity index (χ3v) is 18.0. The summed E-state index contributed by atoms with van der Waals surface area (Å²) in [4.78, 5) is 83.4. The maximum atomic E-state index is 12.9. The number of hydrogen-bond acceptors (Lipinski definition) is 31. The molecule has 0 fully saturated rings. The highest BCUT2D eigenvalue weighted by Gasteiger charge is 2.24. The van der Waals surface area contributed by atoms with Crippen molar-refractivity contribution in [2.75, 3.05) is 21.3 Å². The first-order valence-corrected chi connectivity index (χ1v) is 36.5. The molecule has 0 aliphatic heterocycles. The van der Waals surface area contributed by atoms with Crippen LogP contribution in [0.4, 0.5) is 68.0 Å². The van der Waals surface area contributed by atoms with Crippen molar-refractivity contribution in [3.63, 3.8) is 0 Å². The van der Waals surface area contributed by atoms with E-state index in [9.17, 15) is 39.6 Å². The number of benzene rings is 11. The molecule has 0 unspecified atom stereocenters. The third-order valence-electron chi connectivity index (χ3n) is 16.6. The van der Waals surface area contributed by atoms with Crippen molar-refractivity contribution in [2.45, 2.75) is 20.8 Å². The number of phenolic OH excluding ortho intramolecular Hbond substituents is 4. The molecule has 0 saturated heterocycles. The number of nitrogens with zero attached hydrogens (tertiary/aromatic N) is 21. The highest BCUT2D eigenvalue weighted by molar-refractivity contribution is 7.09. The molecule has 0 atom stereocenters. The molecule has 17 rings (SSSR count). The minimum absolute atomic E-state index is 0.0357. The van der Waals surface area contributed by atoms with Gasteiger partial charge in [-0.2, -0.15) is 23.4 Å². The van der Waals surface area contributed by atoms with E-state index in [0.29, 0.717) is 72.3 Å². The van der Waals surface area contributed by atoms with Crippen molar-refractivity contribution in [1.29, 1.82) is 0 Å². The van der Waals surface area contributed by atoms with Gasteiger partial charge in [0.25, 0.3) is 35.5 Å². The summed E-state index contributed by atoms with van der Waals surface area (Å²) in [7, 11) is 0. The van der Waals surface area contributed by atoms with E-state index >= 15 is 0 Å². The number of azo groups is 4. The standard InChI is InChI=1S/C23H16N8O2.C20H15N5O3.C20H15N5O2S.C18H13N7O2S/c32-20-18(21(33)27-16-8-2-1-3-9-16)13-15-7-4-5-10-17(15)19(20)28-29-22-26-14-31(30-22)23-24-11-6-12-25-23;2*1-12-21-20(28-25-12)24-23-17-15-10-6-5-7-13(15)11-16(18(17)26)19(27)22-14-8-3-2-4-9-14;1-10-21-18(28-25-10)24-23-14-12-6-3-2-5-11(12)9-13(15(14)26)16(27)22-17-19-7-4-8-20-17/h1-14,32H,(H,27,33);2*2-11,26H,1H3,(H,22,27);2-9,26H,1H3,(H,19,20,22,27). The minimum Gasteiger partial charge on any atom is -0.505 e. The number of rotatable bonds is 17. The fourth-order valence-electron chi connectivity index (χ4n) is 11.2. The zero-order valence-electron chi connectivity index (χ0n) is 61.3. The Morgan fingerprint density at radius 1 is 0.368 bits per heavy atom. The first kappa shape index (κ1) is 77.2. The molecule has 11 aromatic carbocycles. The van der Waals surface area contributed by atoms with E-state index in [-0.39, 0.29) is 85.9 Å². The Kier molecular flexibility index (Phi) is 23.8. The summed E-state index contributed by atoms with van der Waals surface area (Å²) in [5, 5.41) is 101. The molecule has 8 N–H and O–H groups in total. The van der Waals surface area contributed by atoms with E-state index in [1.165, 1.54) is 23.4 Å². The zero-order valence-corrected chi connectivity index (χ0v) is 62.9. The van der Waals surface area contributed by atoms with Crippen LogP contribution < -0.4 is 21.3 Å². The normalized spacial score (nSPS) is 11.2. The number of hydrogen-bond donors (Lipinski definition) is 8. The zero-order chi connectivity index (χ0) is 81.2.